The summed E-state index contributed by atoms with van der Waals surface area (Å²) in [4.78, 5) is 4.07. The molecule has 2 atom stereocenters. The van der Waals surface area contributed by atoms with Gasteiger partial charge < -0.3 is 11.1 Å². The van der Waals surface area contributed by atoms with Gasteiger partial charge in [0.05, 0.1) is 17.6 Å². The molecule has 2 unspecified atom stereocenters. The molecule has 3 nitrogen and oxygen atoms in total. The monoisotopic (exact) mass is 191 g/mol. The number of pyridine rings is 1. The second-order valence-electron chi connectivity index (χ2n) is 4.12. The summed E-state index contributed by atoms with van der Waals surface area (Å²) in [7, 11) is 0. The molecule has 0 saturated heterocycles. The third-order valence-electron chi connectivity index (χ3n) is 3.06. The Morgan fingerprint density at radius 2 is 2.36 bits per heavy atom. The van der Waals surface area contributed by atoms with Crippen molar-refractivity contribution in [2.24, 2.45) is 5.92 Å². The minimum Gasteiger partial charge on any atom is -0.397 e. The quantitative estimate of drug-likeness (QED) is 0.754. The molecule has 0 bridgehead atoms. The summed E-state index contributed by atoms with van der Waals surface area (Å²) in [5, 5.41) is 3.47. The van der Waals surface area contributed by atoms with Crippen LogP contribution in [0.15, 0.2) is 18.5 Å². The number of hydrogen-bond acceptors (Lipinski definition) is 3. The van der Waals surface area contributed by atoms with Crippen LogP contribution in [0.25, 0.3) is 0 Å². The molecule has 2 rings (SSSR count). The lowest BCUT2D eigenvalue weighted by Gasteiger charge is -2.19. The number of aromatic nitrogens is 1. The van der Waals surface area contributed by atoms with Crippen molar-refractivity contribution in [1.82, 2.24) is 4.98 Å². The first-order valence-corrected chi connectivity index (χ1v) is 5.23. The van der Waals surface area contributed by atoms with Crippen molar-refractivity contribution in [1.29, 1.82) is 0 Å². The molecule has 0 amide bonds. The molecular formula is C11H17N3. The van der Waals surface area contributed by atoms with Crippen molar-refractivity contribution in [3.05, 3.63) is 18.5 Å². The van der Waals surface area contributed by atoms with E-state index in [-0.39, 0.29) is 0 Å². The van der Waals surface area contributed by atoms with Crippen LogP contribution in [0.2, 0.25) is 0 Å². The zero-order chi connectivity index (χ0) is 9.97. The zero-order valence-corrected chi connectivity index (χ0v) is 8.53. The maximum Gasteiger partial charge on any atom is 0.0762 e. The van der Waals surface area contributed by atoms with Gasteiger partial charge in [0.15, 0.2) is 0 Å². The Bertz CT molecular complexity index is 311. The van der Waals surface area contributed by atoms with Gasteiger partial charge in [-0.2, -0.15) is 0 Å². The van der Waals surface area contributed by atoms with E-state index in [4.69, 9.17) is 5.73 Å². The average Bonchev–Trinajstić information content (AvgIpc) is 2.56. The number of nitrogens with zero attached hydrogens (tertiary/aromatic N) is 1. The van der Waals surface area contributed by atoms with E-state index in [9.17, 15) is 0 Å². The molecule has 0 aromatic carbocycles. The van der Waals surface area contributed by atoms with Crippen LogP contribution in [0, 0.1) is 5.92 Å². The highest BCUT2D eigenvalue weighted by Gasteiger charge is 2.23. The zero-order valence-electron chi connectivity index (χ0n) is 8.53. The van der Waals surface area contributed by atoms with Crippen molar-refractivity contribution in [3.8, 4) is 0 Å². The molecule has 76 valence electrons. The first-order valence-electron chi connectivity index (χ1n) is 5.23. The third-order valence-corrected chi connectivity index (χ3v) is 3.06. The van der Waals surface area contributed by atoms with Gasteiger partial charge in [0.2, 0.25) is 0 Å². The van der Waals surface area contributed by atoms with Crippen molar-refractivity contribution < 1.29 is 0 Å². The average molecular weight is 191 g/mol. The molecule has 1 aliphatic carbocycles. The predicted octanol–water partition coefficient (Wildman–Crippen LogP) is 2.26. The third kappa shape index (κ3) is 1.81. The molecule has 1 aromatic heterocycles. The molecule has 1 fully saturated rings. The fourth-order valence-corrected chi connectivity index (χ4v) is 2.09. The van der Waals surface area contributed by atoms with E-state index in [1.165, 1.54) is 19.3 Å². The molecule has 1 heterocycles. The number of rotatable bonds is 2. The van der Waals surface area contributed by atoms with Crippen LogP contribution in [0.4, 0.5) is 11.4 Å². The Kier molecular flexibility index (Phi) is 2.57. The van der Waals surface area contributed by atoms with E-state index in [2.05, 4.69) is 17.2 Å². The summed E-state index contributed by atoms with van der Waals surface area (Å²) in [6, 6.07) is 2.41. The molecule has 0 aliphatic heterocycles. The van der Waals surface area contributed by atoms with Crippen LogP contribution in [0.1, 0.15) is 26.2 Å². The van der Waals surface area contributed by atoms with Crippen LogP contribution in [0.5, 0.6) is 0 Å². The summed E-state index contributed by atoms with van der Waals surface area (Å²) in [6.07, 6.45) is 7.41. The van der Waals surface area contributed by atoms with Gasteiger partial charge in [-0.15, -0.1) is 0 Å². The number of nitrogen functional groups attached to an aromatic ring is 1. The topological polar surface area (TPSA) is 50.9 Å². The number of nitrogens with two attached hydrogens (primary N) is 1. The van der Waals surface area contributed by atoms with Crippen LogP contribution < -0.4 is 11.1 Å². The minimum absolute atomic E-state index is 0.571. The highest BCUT2D eigenvalue weighted by molar-refractivity contribution is 5.64. The lowest BCUT2D eigenvalue weighted by Crippen LogP contribution is -2.22. The number of anilines is 2. The number of nitrogens with one attached hydrogen (secondary N) is 1. The minimum atomic E-state index is 0.571. The van der Waals surface area contributed by atoms with E-state index in [1.54, 1.807) is 12.4 Å². The molecule has 14 heavy (non-hydrogen) atoms. The van der Waals surface area contributed by atoms with Crippen molar-refractivity contribution in [2.75, 3.05) is 11.1 Å². The van der Waals surface area contributed by atoms with Crippen LogP contribution in [0.3, 0.4) is 0 Å². The van der Waals surface area contributed by atoms with Crippen molar-refractivity contribution >= 4 is 11.4 Å². The van der Waals surface area contributed by atoms with Gasteiger partial charge in [0, 0.05) is 12.2 Å². The number of hydrogen-bond donors (Lipinski definition) is 2. The summed E-state index contributed by atoms with van der Waals surface area (Å²) < 4.78 is 0. The summed E-state index contributed by atoms with van der Waals surface area (Å²) in [6.45, 7) is 2.29. The molecule has 3 N–H and O–H groups in total. The predicted molar refractivity (Wildman–Crippen MR) is 59.1 cm³/mol. The van der Waals surface area contributed by atoms with E-state index < -0.39 is 0 Å². The van der Waals surface area contributed by atoms with Gasteiger partial charge in [0.25, 0.3) is 0 Å². The van der Waals surface area contributed by atoms with E-state index in [0.29, 0.717) is 6.04 Å². The van der Waals surface area contributed by atoms with Gasteiger partial charge in [-0.1, -0.05) is 13.3 Å². The largest absolute Gasteiger partial charge is 0.397 e. The van der Waals surface area contributed by atoms with E-state index in [0.717, 1.165) is 17.3 Å². The SMILES string of the molecule is CC1CCCC1Nc1cnccc1N. The summed E-state index contributed by atoms with van der Waals surface area (Å²) >= 11 is 0. The van der Waals surface area contributed by atoms with Gasteiger partial charge in [0.1, 0.15) is 0 Å². The van der Waals surface area contributed by atoms with Gasteiger partial charge in [-0.05, 0) is 24.8 Å². The second-order valence-corrected chi connectivity index (χ2v) is 4.12. The fraction of sp³-hybridized carbons (Fsp3) is 0.545. The maximum atomic E-state index is 5.84. The maximum absolute atomic E-state index is 5.84. The molecule has 1 saturated carbocycles. The Morgan fingerprint density at radius 1 is 1.50 bits per heavy atom. The Morgan fingerprint density at radius 3 is 3.00 bits per heavy atom. The lowest BCUT2D eigenvalue weighted by molar-refractivity contribution is 0.556. The first-order chi connectivity index (χ1) is 6.77. The molecule has 0 spiro atoms. The lowest BCUT2D eigenvalue weighted by atomic mass is 10.1. The van der Waals surface area contributed by atoms with Crippen LogP contribution in [-0.2, 0) is 0 Å². The first kappa shape index (κ1) is 9.31. The fourth-order valence-electron chi connectivity index (χ4n) is 2.09. The normalized spacial score (nSPS) is 26.4. The highest BCUT2D eigenvalue weighted by Crippen LogP contribution is 2.29. The van der Waals surface area contributed by atoms with Gasteiger partial charge in [-0.25, -0.2) is 0 Å². The molecular weight excluding hydrogens is 174 g/mol. The van der Waals surface area contributed by atoms with E-state index in [1.807, 2.05) is 6.07 Å². The van der Waals surface area contributed by atoms with Crippen LogP contribution in [-0.4, -0.2) is 11.0 Å². The van der Waals surface area contributed by atoms with Gasteiger partial charge >= 0.3 is 0 Å². The van der Waals surface area contributed by atoms with Crippen molar-refractivity contribution in [2.45, 2.75) is 32.2 Å². The smallest absolute Gasteiger partial charge is 0.0762 e. The summed E-state index contributed by atoms with van der Waals surface area (Å²) in [5.74, 6) is 0.745. The van der Waals surface area contributed by atoms with Crippen LogP contribution >= 0.6 is 0 Å². The highest BCUT2D eigenvalue weighted by atomic mass is 15.0. The summed E-state index contributed by atoms with van der Waals surface area (Å²) in [5.41, 5.74) is 7.61. The molecule has 1 aromatic rings. The molecule has 1 aliphatic rings. The Hall–Kier alpha value is -1.25. The Balaban J connectivity index is 2.07. The second kappa shape index (κ2) is 3.86. The van der Waals surface area contributed by atoms with Gasteiger partial charge in [-0.3, -0.25) is 4.98 Å². The standard InChI is InChI=1S/C11H17N3/c1-8-3-2-4-10(8)14-11-7-13-6-5-9(11)12/h5-8,10,14H,2-4H2,1H3,(H2,12,13). The Labute approximate surface area is 84.7 Å². The van der Waals surface area contributed by atoms with E-state index >= 15 is 0 Å². The molecule has 0 radical (unpaired) electrons. The molecule has 3 heteroatoms. The van der Waals surface area contributed by atoms with Crippen molar-refractivity contribution in [3.63, 3.8) is 0 Å².